The van der Waals surface area contributed by atoms with Crippen molar-refractivity contribution < 1.29 is 5.11 Å². The summed E-state index contributed by atoms with van der Waals surface area (Å²) in [7, 11) is 0. The Morgan fingerprint density at radius 2 is 2.17 bits per heavy atom. The number of aliphatic hydroxyl groups excluding tert-OH is 1. The second-order valence-corrected chi connectivity index (χ2v) is 4.26. The van der Waals surface area contributed by atoms with Crippen molar-refractivity contribution in [1.82, 2.24) is 4.98 Å². The van der Waals surface area contributed by atoms with E-state index >= 15 is 0 Å². The number of hydrogen-bond donors (Lipinski definition) is 2. The largest absolute Gasteiger partial charge is 0.399 e. The van der Waals surface area contributed by atoms with E-state index in [0.717, 1.165) is 41.8 Å². The van der Waals surface area contributed by atoms with Crippen LogP contribution in [0.15, 0.2) is 30.5 Å². The minimum atomic E-state index is 0.215. The number of pyridine rings is 1. The third-order valence-corrected chi connectivity index (χ3v) is 3.05. The molecule has 1 aromatic heterocycles. The van der Waals surface area contributed by atoms with Crippen LogP contribution in [0.25, 0.3) is 10.9 Å². The first kappa shape index (κ1) is 12.6. The normalized spacial score (nSPS) is 10.8. The Labute approximate surface area is 107 Å². The molecule has 18 heavy (non-hydrogen) atoms. The van der Waals surface area contributed by atoms with E-state index < -0.39 is 0 Å². The maximum atomic E-state index is 8.95. The monoisotopic (exact) mass is 245 g/mol. The Hall–Kier alpha value is -1.81. The van der Waals surface area contributed by atoms with Crippen LogP contribution in [0.3, 0.4) is 0 Å². The smallest absolute Gasteiger partial charge is 0.0743 e. The minimum Gasteiger partial charge on any atom is -0.399 e. The summed E-state index contributed by atoms with van der Waals surface area (Å²) in [6, 6.07) is 7.81. The highest BCUT2D eigenvalue weighted by Gasteiger charge is 2.08. The van der Waals surface area contributed by atoms with Crippen molar-refractivity contribution in [3.8, 4) is 0 Å². The molecule has 0 aliphatic carbocycles. The van der Waals surface area contributed by atoms with Crippen LogP contribution in [0.4, 0.5) is 11.4 Å². The highest BCUT2D eigenvalue weighted by Crippen LogP contribution is 2.26. The van der Waals surface area contributed by atoms with Gasteiger partial charge in [-0.15, -0.1) is 0 Å². The molecule has 3 N–H and O–H groups in total. The van der Waals surface area contributed by atoms with Crippen molar-refractivity contribution in [2.75, 3.05) is 30.3 Å². The molecule has 0 fully saturated rings. The molecule has 4 nitrogen and oxygen atoms in total. The van der Waals surface area contributed by atoms with Gasteiger partial charge in [0.25, 0.3) is 0 Å². The molecule has 4 heteroatoms. The predicted molar refractivity (Wildman–Crippen MR) is 75.7 cm³/mol. The number of benzene rings is 1. The van der Waals surface area contributed by atoms with Gasteiger partial charge < -0.3 is 15.7 Å². The van der Waals surface area contributed by atoms with Crippen molar-refractivity contribution in [2.24, 2.45) is 0 Å². The molecule has 0 atom stereocenters. The highest BCUT2D eigenvalue weighted by atomic mass is 16.3. The second-order valence-electron chi connectivity index (χ2n) is 4.26. The van der Waals surface area contributed by atoms with Crippen LogP contribution < -0.4 is 10.6 Å². The molecule has 0 aliphatic heterocycles. The summed E-state index contributed by atoms with van der Waals surface area (Å²) in [5, 5.41) is 10.1. The van der Waals surface area contributed by atoms with Gasteiger partial charge in [0.15, 0.2) is 0 Å². The number of aromatic nitrogens is 1. The van der Waals surface area contributed by atoms with E-state index in [1.165, 1.54) is 0 Å². The zero-order chi connectivity index (χ0) is 13.0. The molecule has 96 valence electrons. The summed E-state index contributed by atoms with van der Waals surface area (Å²) in [5.74, 6) is 0. The molecular weight excluding hydrogens is 226 g/mol. The van der Waals surface area contributed by atoms with Gasteiger partial charge in [0.2, 0.25) is 0 Å². The fourth-order valence-electron chi connectivity index (χ4n) is 2.14. The number of hydrogen-bond acceptors (Lipinski definition) is 4. The summed E-state index contributed by atoms with van der Waals surface area (Å²) < 4.78 is 0. The van der Waals surface area contributed by atoms with Gasteiger partial charge in [-0.2, -0.15) is 0 Å². The average Bonchev–Trinajstić information content (AvgIpc) is 2.39. The van der Waals surface area contributed by atoms with Crippen molar-refractivity contribution in [1.29, 1.82) is 0 Å². The number of fused-ring (bicyclic) bond motifs is 1. The molecule has 2 rings (SSSR count). The maximum absolute atomic E-state index is 8.95. The van der Waals surface area contributed by atoms with Crippen LogP contribution in [0, 0.1) is 0 Å². The Morgan fingerprint density at radius 3 is 2.89 bits per heavy atom. The van der Waals surface area contributed by atoms with E-state index in [1.807, 2.05) is 24.3 Å². The molecular formula is C14H19N3O. The van der Waals surface area contributed by atoms with Gasteiger partial charge in [0, 0.05) is 42.7 Å². The third-order valence-electron chi connectivity index (χ3n) is 3.05. The van der Waals surface area contributed by atoms with E-state index in [-0.39, 0.29) is 6.61 Å². The lowest BCUT2D eigenvalue weighted by atomic mass is 10.1. The number of aliphatic hydroxyl groups is 1. The topological polar surface area (TPSA) is 62.4 Å². The van der Waals surface area contributed by atoms with Crippen LogP contribution in [0.1, 0.15) is 13.3 Å². The molecule has 0 bridgehead atoms. The van der Waals surface area contributed by atoms with Gasteiger partial charge in [-0.1, -0.05) is 0 Å². The fraction of sp³-hybridized carbons (Fsp3) is 0.357. The van der Waals surface area contributed by atoms with Gasteiger partial charge >= 0.3 is 0 Å². The number of nitrogen functional groups attached to an aromatic ring is 1. The molecule has 0 radical (unpaired) electrons. The summed E-state index contributed by atoms with van der Waals surface area (Å²) in [4.78, 5) is 6.59. The van der Waals surface area contributed by atoms with Crippen LogP contribution in [-0.2, 0) is 0 Å². The summed E-state index contributed by atoms with van der Waals surface area (Å²) >= 11 is 0. The molecule has 2 aromatic rings. The first-order valence-electron chi connectivity index (χ1n) is 6.26. The van der Waals surface area contributed by atoms with E-state index in [1.54, 1.807) is 6.20 Å². The molecule has 1 heterocycles. The number of rotatable bonds is 5. The van der Waals surface area contributed by atoms with Gasteiger partial charge in [-0.25, -0.2) is 0 Å². The summed E-state index contributed by atoms with van der Waals surface area (Å²) in [6.45, 7) is 4.08. The molecule has 0 unspecified atom stereocenters. The van der Waals surface area contributed by atoms with Gasteiger partial charge in [0.05, 0.1) is 5.52 Å². The van der Waals surface area contributed by atoms with Gasteiger partial charge in [0.1, 0.15) is 0 Å². The molecule has 0 saturated carbocycles. The van der Waals surface area contributed by atoms with Gasteiger partial charge in [-0.05, 0) is 37.6 Å². The van der Waals surface area contributed by atoms with Crippen molar-refractivity contribution in [2.45, 2.75) is 13.3 Å². The Balaban J connectivity index is 2.42. The third kappa shape index (κ3) is 2.54. The van der Waals surface area contributed by atoms with Crippen LogP contribution >= 0.6 is 0 Å². The minimum absolute atomic E-state index is 0.215. The Kier molecular flexibility index (Phi) is 3.99. The summed E-state index contributed by atoms with van der Waals surface area (Å²) in [6.07, 6.45) is 2.57. The lowest BCUT2D eigenvalue weighted by molar-refractivity contribution is 0.289. The first-order valence-corrected chi connectivity index (χ1v) is 6.26. The second kappa shape index (κ2) is 5.69. The highest BCUT2D eigenvalue weighted by molar-refractivity contribution is 5.93. The Bertz CT molecular complexity index is 527. The van der Waals surface area contributed by atoms with E-state index in [4.69, 9.17) is 10.8 Å². The molecule has 0 aliphatic rings. The van der Waals surface area contributed by atoms with Crippen LogP contribution in [0.5, 0.6) is 0 Å². The Morgan fingerprint density at radius 1 is 1.33 bits per heavy atom. The lowest BCUT2D eigenvalue weighted by Gasteiger charge is -2.24. The SMILES string of the molecule is CCN(CCCO)c1ccnc2cc(N)ccc12. The van der Waals surface area contributed by atoms with Gasteiger partial charge in [-0.3, -0.25) is 4.98 Å². The number of nitrogens with zero attached hydrogens (tertiary/aromatic N) is 2. The number of nitrogens with two attached hydrogens (primary N) is 1. The van der Waals surface area contributed by atoms with E-state index in [0.29, 0.717) is 0 Å². The van der Waals surface area contributed by atoms with Crippen molar-refractivity contribution in [3.63, 3.8) is 0 Å². The predicted octanol–water partition coefficient (Wildman–Crippen LogP) is 2.03. The first-order chi connectivity index (χ1) is 8.76. The van der Waals surface area contributed by atoms with Crippen LogP contribution in [0.2, 0.25) is 0 Å². The van der Waals surface area contributed by atoms with Crippen molar-refractivity contribution in [3.05, 3.63) is 30.5 Å². The van der Waals surface area contributed by atoms with Crippen LogP contribution in [-0.4, -0.2) is 29.8 Å². The lowest BCUT2D eigenvalue weighted by Crippen LogP contribution is -2.24. The fourth-order valence-corrected chi connectivity index (χ4v) is 2.14. The van der Waals surface area contributed by atoms with E-state index in [2.05, 4.69) is 16.8 Å². The zero-order valence-electron chi connectivity index (χ0n) is 10.6. The number of anilines is 2. The molecule has 0 spiro atoms. The zero-order valence-corrected chi connectivity index (χ0v) is 10.6. The molecule has 0 amide bonds. The maximum Gasteiger partial charge on any atom is 0.0743 e. The quantitative estimate of drug-likeness (QED) is 0.791. The molecule has 1 aromatic carbocycles. The van der Waals surface area contributed by atoms with Crippen molar-refractivity contribution >= 4 is 22.3 Å². The average molecular weight is 245 g/mol. The summed E-state index contributed by atoms with van der Waals surface area (Å²) in [5.41, 5.74) is 8.56. The standard InChI is InChI=1S/C14H19N3O/c1-2-17(8-3-9-18)14-6-7-16-13-10-11(15)4-5-12(13)14/h4-7,10,18H,2-3,8-9,15H2,1H3. The van der Waals surface area contributed by atoms with E-state index in [9.17, 15) is 0 Å². The molecule has 0 saturated heterocycles.